The summed E-state index contributed by atoms with van der Waals surface area (Å²) in [5.74, 6) is 0. The molecule has 0 aliphatic carbocycles. The molecule has 1 aromatic carbocycles. The molecule has 0 radical (unpaired) electrons. The predicted octanol–water partition coefficient (Wildman–Crippen LogP) is 3.00. The van der Waals surface area contributed by atoms with Gasteiger partial charge in [0, 0.05) is 35.9 Å². The van der Waals surface area contributed by atoms with Crippen LogP contribution in [0.25, 0.3) is 10.9 Å². The van der Waals surface area contributed by atoms with E-state index in [1.54, 1.807) is 0 Å². The lowest BCUT2D eigenvalue weighted by atomic mass is 9.99. The Labute approximate surface area is 125 Å². The van der Waals surface area contributed by atoms with Gasteiger partial charge < -0.3 is 5.32 Å². The number of fused-ring (bicyclic) bond motifs is 1. The Kier molecular flexibility index (Phi) is 4.22. The maximum absolute atomic E-state index is 4.43. The number of nitrogens with one attached hydrogen (secondary N) is 1. The molecule has 1 unspecified atom stereocenters. The molecule has 106 valence electrons. The molecule has 3 rings (SSSR count). The van der Waals surface area contributed by atoms with E-state index in [0.29, 0.717) is 6.04 Å². The van der Waals surface area contributed by atoms with Gasteiger partial charge in [-0.25, -0.2) is 0 Å². The zero-order valence-electron chi connectivity index (χ0n) is 12.2. The molecule has 1 N–H and O–H groups in total. The van der Waals surface area contributed by atoms with Crippen LogP contribution in [0.15, 0.2) is 60.9 Å². The molecule has 21 heavy (non-hydrogen) atoms. The molecule has 3 heteroatoms. The van der Waals surface area contributed by atoms with Gasteiger partial charge in [-0.05, 0) is 43.3 Å². The molecule has 0 aliphatic rings. The standard InChI is InChI=1S/C18H19N3/c1-19-16(13-15-6-4-5-10-20-15)12-14-9-11-21-18-8-3-2-7-17(14)18/h2-11,16,19H,12-13H2,1H3. The van der Waals surface area contributed by atoms with Gasteiger partial charge in [0.25, 0.3) is 0 Å². The lowest BCUT2D eigenvalue weighted by Crippen LogP contribution is -2.30. The van der Waals surface area contributed by atoms with Gasteiger partial charge in [0.15, 0.2) is 0 Å². The van der Waals surface area contributed by atoms with E-state index in [4.69, 9.17) is 0 Å². The number of pyridine rings is 2. The summed E-state index contributed by atoms with van der Waals surface area (Å²) in [5.41, 5.74) is 3.51. The third-order valence-corrected chi connectivity index (χ3v) is 3.80. The second-order valence-corrected chi connectivity index (χ2v) is 5.20. The summed E-state index contributed by atoms with van der Waals surface area (Å²) in [6.45, 7) is 0. The number of nitrogens with zero attached hydrogens (tertiary/aromatic N) is 2. The second-order valence-electron chi connectivity index (χ2n) is 5.20. The van der Waals surface area contributed by atoms with Crippen molar-refractivity contribution in [2.75, 3.05) is 7.05 Å². The van der Waals surface area contributed by atoms with Crippen molar-refractivity contribution < 1.29 is 0 Å². The fourth-order valence-corrected chi connectivity index (χ4v) is 2.65. The Balaban J connectivity index is 1.82. The molecule has 0 amide bonds. The minimum atomic E-state index is 0.366. The highest BCUT2D eigenvalue weighted by molar-refractivity contribution is 5.81. The molecular weight excluding hydrogens is 258 g/mol. The van der Waals surface area contributed by atoms with E-state index in [1.165, 1.54) is 10.9 Å². The molecule has 0 spiro atoms. The highest BCUT2D eigenvalue weighted by atomic mass is 14.9. The van der Waals surface area contributed by atoms with Crippen LogP contribution in [0.5, 0.6) is 0 Å². The van der Waals surface area contributed by atoms with Crippen LogP contribution in [0, 0.1) is 0 Å². The van der Waals surface area contributed by atoms with Crippen molar-refractivity contribution in [3.63, 3.8) is 0 Å². The summed E-state index contributed by atoms with van der Waals surface area (Å²) >= 11 is 0. The van der Waals surface area contributed by atoms with E-state index in [2.05, 4.69) is 45.6 Å². The van der Waals surface area contributed by atoms with Gasteiger partial charge in [-0.1, -0.05) is 24.3 Å². The summed E-state index contributed by atoms with van der Waals surface area (Å²) in [6.07, 6.45) is 5.64. The van der Waals surface area contributed by atoms with Crippen molar-refractivity contribution in [1.82, 2.24) is 15.3 Å². The van der Waals surface area contributed by atoms with Crippen molar-refractivity contribution in [3.8, 4) is 0 Å². The number of para-hydroxylation sites is 1. The van der Waals surface area contributed by atoms with E-state index < -0.39 is 0 Å². The first-order chi connectivity index (χ1) is 10.4. The van der Waals surface area contributed by atoms with Crippen LogP contribution < -0.4 is 5.32 Å². The molecule has 0 bridgehead atoms. The average Bonchev–Trinajstić information content (AvgIpc) is 2.55. The van der Waals surface area contributed by atoms with Gasteiger partial charge in [0.1, 0.15) is 0 Å². The SMILES string of the molecule is CNC(Cc1ccccn1)Cc1ccnc2ccccc12. The fourth-order valence-electron chi connectivity index (χ4n) is 2.65. The summed E-state index contributed by atoms with van der Waals surface area (Å²) in [5, 5.41) is 4.64. The Morgan fingerprint density at radius 1 is 0.905 bits per heavy atom. The molecule has 2 aromatic heterocycles. The average molecular weight is 277 g/mol. The molecule has 0 saturated heterocycles. The summed E-state index contributed by atoms with van der Waals surface area (Å²) < 4.78 is 0. The van der Waals surface area contributed by atoms with Gasteiger partial charge in [-0.15, -0.1) is 0 Å². The van der Waals surface area contributed by atoms with Gasteiger partial charge in [-0.2, -0.15) is 0 Å². The van der Waals surface area contributed by atoms with Crippen LogP contribution >= 0.6 is 0 Å². The Morgan fingerprint density at radius 2 is 1.76 bits per heavy atom. The van der Waals surface area contributed by atoms with Crippen LogP contribution in [0.2, 0.25) is 0 Å². The molecular formula is C18H19N3. The fraction of sp³-hybridized carbons (Fsp3) is 0.222. The summed E-state index contributed by atoms with van der Waals surface area (Å²) in [7, 11) is 2.01. The highest BCUT2D eigenvalue weighted by Crippen LogP contribution is 2.18. The summed E-state index contributed by atoms with van der Waals surface area (Å²) in [4.78, 5) is 8.84. The largest absolute Gasteiger partial charge is 0.316 e. The number of rotatable bonds is 5. The van der Waals surface area contributed by atoms with Crippen LogP contribution in [0.1, 0.15) is 11.3 Å². The van der Waals surface area contributed by atoms with E-state index in [9.17, 15) is 0 Å². The third kappa shape index (κ3) is 3.26. The second kappa shape index (κ2) is 6.46. The Hall–Kier alpha value is -2.26. The molecule has 1 atom stereocenters. The van der Waals surface area contributed by atoms with Gasteiger partial charge in [0.05, 0.1) is 5.52 Å². The predicted molar refractivity (Wildman–Crippen MR) is 86.2 cm³/mol. The van der Waals surface area contributed by atoms with Crippen molar-refractivity contribution in [2.45, 2.75) is 18.9 Å². The third-order valence-electron chi connectivity index (χ3n) is 3.80. The number of benzene rings is 1. The normalized spacial score (nSPS) is 12.4. The number of likely N-dealkylation sites (N-methyl/N-ethyl adjacent to an activating group) is 1. The van der Waals surface area contributed by atoms with Crippen molar-refractivity contribution in [1.29, 1.82) is 0 Å². The van der Waals surface area contributed by atoms with Crippen molar-refractivity contribution >= 4 is 10.9 Å². The zero-order chi connectivity index (χ0) is 14.5. The first-order valence-electron chi connectivity index (χ1n) is 7.26. The number of hydrogen-bond donors (Lipinski definition) is 1. The minimum absolute atomic E-state index is 0.366. The lowest BCUT2D eigenvalue weighted by molar-refractivity contribution is 0.551. The van der Waals surface area contributed by atoms with E-state index in [0.717, 1.165) is 24.1 Å². The molecule has 0 fully saturated rings. The minimum Gasteiger partial charge on any atom is -0.316 e. The first kappa shape index (κ1) is 13.7. The maximum atomic E-state index is 4.43. The maximum Gasteiger partial charge on any atom is 0.0704 e. The van der Waals surface area contributed by atoms with Gasteiger partial charge in [0.2, 0.25) is 0 Å². The number of hydrogen-bond acceptors (Lipinski definition) is 3. The topological polar surface area (TPSA) is 37.8 Å². The van der Waals surface area contributed by atoms with Gasteiger partial charge >= 0.3 is 0 Å². The van der Waals surface area contributed by atoms with Crippen molar-refractivity contribution in [3.05, 3.63) is 72.2 Å². The quantitative estimate of drug-likeness (QED) is 0.779. The van der Waals surface area contributed by atoms with Crippen LogP contribution in [0.4, 0.5) is 0 Å². The molecule has 0 aliphatic heterocycles. The van der Waals surface area contributed by atoms with Crippen LogP contribution in [-0.2, 0) is 12.8 Å². The molecule has 0 saturated carbocycles. The Bertz CT molecular complexity index is 704. The highest BCUT2D eigenvalue weighted by Gasteiger charge is 2.11. The number of aromatic nitrogens is 2. The lowest BCUT2D eigenvalue weighted by Gasteiger charge is -2.17. The molecule has 3 nitrogen and oxygen atoms in total. The smallest absolute Gasteiger partial charge is 0.0704 e. The first-order valence-corrected chi connectivity index (χ1v) is 7.26. The van der Waals surface area contributed by atoms with Crippen LogP contribution in [0.3, 0.4) is 0 Å². The molecule has 3 aromatic rings. The Morgan fingerprint density at radius 3 is 2.57 bits per heavy atom. The van der Waals surface area contributed by atoms with E-state index in [1.807, 2.05) is 37.6 Å². The van der Waals surface area contributed by atoms with Crippen molar-refractivity contribution in [2.24, 2.45) is 0 Å². The molecule has 2 heterocycles. The monoisotopic (exact) mass is 277 g/mol. The van der Waals surface area contributed by atoms with Gasteiger partial charge in [-0.3, -0.25) is 9.97 Å². The summed E-state index contributed by atoms with van der Waals surface area (Å²) in [6, 6.07) is 16.9. The van der Waals surface area contributed by atoms with E-state index in [-0.39, 0.29) is 0 Å². The zero-order valence-corrected chi connectivity index (χ0v) is 12.2. The van der Waals surface area contributed by atoms with E-state index >= 15 is 0 Å². The van der Waals surface area contributed by atoms with Crippen LogP contribution in [-0.4, -0.2) is 23.1 Å².